The summed E-state index contributed by atoms with van der Waals surface area (Å²) >= 11 is 2.07. The highest BCUT2D eigenvalue weighted by Crippen LogP contribution is 2.24. The van der Waals surface area contributed by atoms with E-state index >= 15 is 0 Å². The van der Waals surface area contributed by atoms with Crippen molar-refractivity contribution in [3.63, 3.8) is 0 Å². The van der Waals surface area contributed by atoms with Crippen LogP contribution in [0.1, 0.15) is 0 Å². The number of rotatable bonds is 2. The van der Waals surface area contributed by atoms with E-state index in [9.17, 15) is 4.91 Å². The Bertz CT molecular complexity index is 275. The maximum atomic E-state index is 10.2. The fourth-order valence-electron chi connectivity index (χ4n) is 0.738. The Morgan fingerprint density at radius 3 is 2.82 bits per heavy atom. The minimum absolute atomic E-state index is 0.484. The number of nitrogens with zero attached hydrogens (tertiary/aromatic N) is 1. The molecule has 58 valence electrons. The molecule has 0 amide bonds. The number of hydrogen-bond acceptors (Lipinski definition) is 3. The normalized spacial score (nSPS) is 9.27. The number of halogens is 1. The lowest BCUT2D eigenvalue weighted by Crippen LogP contribution is -1.86. The van der Waals surface area contributed by atoms with Gasteiger partial charge < -0.3 is 5.32 Å². The Balaban J connectivity index is 3.12. The average molecular weight is 262 g/mol. The standard InChI is InChI=1S/C7H7IN2O/c1-9-5-2-3-6(8)7(4-5)10-11/h2-4,9H,1H3. The summed E-state index contributed by atoms with van der Waals surface area (Å²) in [6, 6.07) is 5.47. The van der Waals surface area contributed by atoms with Gasteiger partial charge in [-0.25, -0.2) is 0 Å². The van der Waals surface area contributed by atoms with Gasteiger partial charge >= 0.3 is 0 Å². The van der Waals surface area contributed by atoms with Crippen LogP contribution in [0.15, 0.2) is 23.4 Å². The van der Waals surface area contributed by atoms with E-state index in [0.29, 0.717) is 5.69 Å². The van der Waals surface area contributed by atoms with Gasteiger partial charge in [0.05, 0.1) is 0 Å². The molecule has 0 aromatic heterocycles. The molecule has 0 fully saturated rings. The van der Waals surface area contributed by atoms with Crippen LogP contribution in [0.4, 0.5) is 11.4 Å². The first kappa shape index (κ1) is 8.45. The molecule has 1 aromatic rings. The van der Waals surface area contributed by atoms with Crippen molar-refractivity contribution in [1.29, 1.82) is 0 Å². The van der Waals surface area contributed by atoms with Gasteiger partial charge in [-0.15, -0.1) is 4.91 Å². The smallest absolute Gasteiger partial charge is 0.123 e. The van der Waals surface area contributed by atoms with Crippen molar-refractivity contribution in [1.82, 2.24) is 0 Å². The lowest BCUT2D eigenvalue weighted by Gasteiger charge is -2.00. The third kappa shape index (κ3) is 1.89. The van der Waals surface area contributed by atoms with Gasteiger partial charge in [-0.1, -0.05) is 0 Å². The van der Waals surface area contributed by atoms with Gasteiger partial charge in [-0.2, -0.15) is 0 Å². The minimum Gasteiger partial charge on any atom is -0.388 e. The molecule has 3 nitrogen and oxygen atoms in total. The molecule has 0 unspecified atom stereocenters. The Kier molecular flexibility index (Phi) is 2.81. The van der Waals surface area contributed by atoms with E-state index in [1.54, 1.807) is 13.1 Å². The fraction of sp³-hybridized carbons (Fsp3) is 0.143. The first-order valence-electron chi connectivity index (χ1n) is 3.08. The van der Waals surface area contributed by atoms with Crippen LogP contribution in [0, 0.1) is 8.48 Å². The predicted octanol–water partition coefficient (Wildman–Crippen LogP) is 2.73. The zero-order valence-corrected chi connectivity index (χ0v) is 8.12. The maximum absolute atomic E-state index is 10.2. The molecule has 1 N–H and O–H groups in total. The lowest BCUT2D eigenvalue weighted by molar-refractivity contribution is 1.43. The summed E-state index contributed by atoms with van der Waals surface area (Å²) < 4.78 is 0.872. The van der Waals surface area contributed by atoms with Crippen LogP contribution >= 0.6 is 22.6 Å². The Morgan fingerprint density at radius 2 is 2.27 bits per heavy atom. The average Bonchev–Trinajstić information content (AvgIpc) is 2.05. The van der Waals surface area contributed by atoms with E-state index in [2.05, 4.69) is 33.1 Å². The van der Waals surface area contributed by atoms with Crippen LogP contribution in [0.25, 0.3) is 0 Å². The van der Waals surface area contributed by atoms with Gasteiger partial charge in [-0.05, 0) is 46.0 Å². The van der Waals surface area contributed by atoms with Crippen molar-refractivity contribution in [2.75, 3.05) is 12.4 Å². The van der Waals surface area contributed by atoms with E-state index in [0.717, 1.165) is 9.26 Å². The molecule has 0 spiro atoms. The van der Waals surface area contributed by atoms with E-state index in [-0.39, 0.29) is 0 Å². The van der Waals surface area contributed by atoms with Crippen molar-refractivity contribution >= 4 is 34.0 Å². The van der Waals surface area contributed by atoms with Crippen LogP contribution in [0.3, 0.4) is 0 Å². The number of nitroso groups, excluding NO2 is 1. The highest BCUT2D eigenvalue weighted by atomic mass is 127. The molecular formula is C7H7IN2O. The van der Waals surface area contributed by atoms with Gasteiger partial charge in [0.15, 0.2) is 0 Å². The molecule has 11 heavy (non-hydrogen) atoms. The largest absolute Gasteiger partial charge is 0.388 e. The highest BCUT2D eigenvalue weighted by Gasteiger charge is 1.99. The van der Waals surface area contributed by atoms with Crippen LogP contribution < -0.4 is 5.32 Å². The van der Waals surface area contributed by atoms with Crippen LogP contribution in [0.5, 0.6) is 0 Å². The zero-order chi connectivity index (χ0) is 8.27. The van der Waals surface area contributed by atoms with Gasteiger partial charge in [0.25, 0.3) is 0 Å². The monoisotopic (exact) mass is 262 g/mol. The molecule has 0 bridgehead atoms. The second-order valence-electron chi connectivity index (χ2n) is 2.01. The molecular weight excluding hydrogens is 255 g/mol. The molecule has 0 aliphatic carbocycles. The SMILES string of the molecule is CNc1ccc(I)c(N=O)c1. The third-order valence-electron chi connectivity index (χ3n) is 1.33. The van der Waals surface area contributed by atoms with E-state index in [1.807, 2.05) is 12.1 Å². The summed E-state index contributed by atoms with van der Waals surface area (Å²) in [7, 11) is 1.80. The summed E-state index contributed by atoms with van der Waals surface area (Å²) in [5.74, 6) is 0. The molecule has 0 heterocycles. The number of nitrogens with one attached hydrogen (secondary N) is 1. The van der Waals surface area contributed by atoms with Gasteiger partial charge in [0.1, 0.15) is 5.69 Å². The molecule has 0 saturated carbocycles. The lowest BCUT2D eigenvalue weighted by atomic mass is 10.3. The fourth-order valence-corrected chi connectivity index (χ4v) is 1.17. The van der Waals surface area contributed by atoms with Crippen LogP contribution in [-0.2, 0) is 0 Å². The molecule has 1 aromatic carbocycles. The summed E-state index contributed by atoms with van der Waals surface area (Å²) in [5.41, 5.74) is 1.39. The maximum Gasteiger partial charge on any atom is 0.123 e. The van der Waals surface area contributed by atoms with Crippen molar-refractivity contribution in [2.45, 2.75) is 0 Å². The van der Waals surface area contributed by atoms with Crippen molar-refractivity contribution in [3.05, 3.63) is 26.7 Å². The molecule has 1 rings (SSSR count). The number of hydrogen-bond donors (Lipinski definition) is 1. The van der Waals surface area contributed by atoms with Crippen molar-refractivity contribution in [3.8, 4) is 0 Å². The predicted molar refractivity (Wildman–Crippen MR) is 54.2 cm³/mol. The number of benzene rings is 1. The first-order valence-corrected chi connectivity index (χ1v) is 4.16. The highest BCUT2D eigenvalue weighted by molar-refractivity contribution is 14.1. The zero-order valence-electron chi connectivity index (χ0n) is 5.97. The van der Waals surface area contributed by atoms with Crippen LogP contribution in [0.2, 0.25) is 0 Å². The summed E-state index contributed by atoms with van der Waals surface area (Å²) in [6.45, 7) is 0. The van der Waals surface area contributed by atoms with Gasteiger partial charge in [-0.3, -0.25) is 0 Å². The molecule has 0 aliphatic rings. The molecule has 0 saturated heterocycles. The second-order valence-corrected chi connectivity index (χ2v) is 3.17. The molecule has 0 atom stereocenters. The third-order valence-corrected chi connectivity index (χ3v) is 2.25. The van der Waals surface area contributed by atoms with Crippen molar-refractivity contribution < 1.29 is 0 Å². The molecule has 4 heteroatoms. The molecule has 0 radical (unpaired) electrons. The first-order chi connectivity index (χ1) is 5.27. The van der Waals surface area contributed by atoms with Gasteiger partial charge in [0.2, 0.25) is 0 Å². The van der Waals surface area contributed by atoms with Crippen LogP contribution in [-0.4, -0.2) is 7.05 Å². The number of anilines is 1. The quantitative estimate of drug-likeness (QED) is 0.657. The topological polar surface area (TPSA) is 41.5 Å². The van der Waals surface area contributed by atoms with E-state index < -0.39 is 0 Å². The van der Waals surface area contributed by atoms with E-state index in [1.165, 1.54) is 0 Å². The Morgan fingerprint density at radius 1 is 1.55 bits per heavy atom. The van der Waals surface area contributed by atoms with Crippen molar-refractivity contribution in [2.24, 2.45) is 5.18 Å². The molecule has 0 aliphatic heterocycles. The summed E-state index contributed by atoms with van der Waals surface area (Å²) in [4.78, 5) is 10.2. The summed E-state index contributed by atoms with van der Waals surface area (Å²) in [5, 5.41) is 5.81. The Hall–Kier alpha value is -0.650. The summed E-state index contributed by atoms with van der Waals surface area (Å²) in [6.07, 6.45) is 0. The van der Waals surface area contributed by atoms with Gasteiger partial charge in [0, 0.05) is 16.3 Å². The second kappa shape index (κ2) is 3.66. The minimum atomic E-state index is 0.484. The van der Waals surface area contributed by atoms with E-state index in [4.69, 9.17) is 0 Å². The Labute approximate surface area is 78.3 Å².